The molecule has 0 spiro atoms. The number of alkyl halides is 3. The van der Waals surface area contributed by atoms with Gasteiger partial charge in [0.1, 0.15) is 0 Å². The van der Waals surface area contributed by atoms with Crippen molar-refractivity contribution in [2.24, 2.45) is 0 Å². The van der Waals surface area contributed by atoms with Gasteiger partial charge in [0.05, 0.1) is 32.9 Å². The van der Waals surface area contributed by atoms with Crippen LogP contribution in [0.25, 0.3) is 6.08 Å². The fourth-order valence-corrected chi connectivity index (χ4v) is 2.65. The summed E-state index contributed by atoms with van der Waals surface area (Å²) < 4.78 is 53.6. The van der Waals surface area contributed by atoms with Crippen LogP contribution in [0.1, 0.15) is 29.7 Å². The van der Waals surface area contributed by atoms with Crippen molar-refractivity contribution in [2.75, 3.05) is 21.3 Å². The number of ether oxygens (including phenoxy) is 3. The average molecular weight is 409 g/mol. The molecule has 1 amide bonds. The van der Waals surface area contributed by atoms with Crippen LogP contribution in [0, 0.1) is 0 Å². The first-order valence-electron chi connectivity index (χ1n) is 8.65. The van der Waals surface area contributed by atoms with Crippen LogP contribution >= 0.6 is 0 Å². The number of benzene rings is 2. The van der Waals surface area contributed by atoms with Crippen LogP contribution < -0.4 is 19.5 Å². The summed E-state index contributed by atoms with van der Waals surface area (Å²) >= 11 is 0. The molecule has 0 aliphatic rings. The Bertz CT molecular complexity index is 851. The maximum atomic E-state index is 12.6. The molecule has 156 valence electrons. The molecule has 0 aliphatic carbocycles. The van der Waals surface area contributed by atoms with E-state index in [0.29, 0.717) is 22.8 Å². The highest BCUT2D eigenvalue weighted by molar-refractivity contribution is 5.92. The second-order valence-electron chi connectivity index (χ2n) is 6.14. The highest BCUT2D eigenvalue weighted by Crippen LogP contribution is 2.39. The van der Waals surface area contributed by atoms with E-state index in [0.717, 1.165) is 17.7 Å². The van der Waals surface area contributed by atoms with E-state index in [4.69, 9.17) is 14.2 Å². The summed E-state index contributed by atoms with van der Waals surface area (Å²) in [5.74, 6) is 0.970. The smallest absolute Gasteiger partial charge is 0.416 e. The molecule has 0 aliphatic heterocycles. The maximum absolute atomic E-state index is 12.6. The predicted molar refractivity (Wildman–Crippen MR) is 103 cm³/mol. The molecule has 2 aromatic carbocycles. The third kappa shape index (κ3) is 5.66. The molecule has 0 aromatic heterocycles. The van der Waals surface area contributed by atoms with Gasteiger partial charge in [-0.3, -0.25) is 4.79 Å². The first kappa shape index (κ1) is 22.1. The lowest BCUT2D eigenvalue weighted by Gasteiger charge is -2.18. The van der Waals surface area contributed by atoms with Gasteiger partial charge in [0, 0.05) is 6.08 Å². The topological polar surface area (TPSA) is 56.8 Å². The summed E-state index contributed by atoms with van der Waals surface area (Å²) in [6, 6.07) is 7.61. The normalized spacial score (nSPS) is 12.5. The molecule has 2 aromatic rings. The number of amides is 1. The van der Waals surface area contributed by atoms with Crippen LogP contribution in [0.5, 0.6) is 17.2 Å². The third-order valence-corrected chi connectivity index (χ3v) is 4.21. The van der Waals surface area contributed by atoms with Crippen LogP contribution in [-0.2, 0) is 11.0 Å². The van der Waals surface area contributed by atoms with E-state index in [1.165, 1.54) is 45.6 Å². The van der Waals surface area contributed by atoms with Gasteiger partial charge >= 0.3 is 6.18 Å². The molecule has 1 unspecified atom stereocenters. The van der Waals surface area contributed by atoms with Crippen LogP contribution in [0.4, 0.5) is 13.2 Å². The fraction of sp³-hybridized carbons (Fsp3) is 0.286. The Balaban J connectivity index is 2.09. The van der Waals surface area contributed by atoms with E-state index in [2.05, 4.69) is 5.32 Å². The molecule has 0 radical (unpaired) electrons. The number of nitrogens with one attached hydrogen (secondary N) is 1. The Labute approximate surface area is 167 Å². The van der Waals surface area contributed by atoms with Gasteiger partial charge in [-0.1, -0.05) is 12.1 Å². The summed E-state index contributed by atoms with van der Waals surface area (Å²) in [6.45, 7) is 1.78. The molecule has 2 rings (SSSR count). The molecule has 29 heavy (non-hydrogen) atoms. The van der Waals surface area contributed by atoms with Crippen molar-refractivity contribution in [3.05, 3.63) is 59.2 Å². The highest BCUT2D eigenvalue weighted by Gasteiger charge is 2.29. The van der Waals surface area contributed by atoms with E-state index in [1.54, 1.807) is 19.1 Å². The number of halogens is 3. The first-order chi connectivity index (χ1) is 13.7. The minimum Gasteiger partial charge on any atom is -0.493 e. The van der Waals surface area contributed by atoms with Crippen molar-refractivity contribution in [1.29, 1.82) is 0 Å². The number of methoxy groups -OCH3 is 3. The molecular formula is C21H22F3NO4. The second-order valence-corrected chi connectivity index (χ2v) is 6.14. The van der Waals surface area contributed by atoms with Gasteiger partial charge in [-0.05, 0) is 48.4 Å². The SMILES string of the molecule is COc1cc(C(C)NC(=O)/C=C/c2ccc(C(F)(F)F)cc2)cc(OC)c1OC. The minimum atomic E-state index is -4.39. The summed E-state index contributed by atoms with van der Waals surface area (Å²) in [7, 11) is 4.49. The molecule has 0 heterocycles. The number of hydrogen-bond acceptors (Lipinski definition) is 4. The lowest BCUT2D eigenvalue weighted by Crippen LogP contribution is -2.24. The molecule has 0 saturated carbocycles. The van der Waals surface area contributed by atoms with Crippen molar-refractivity contribution < 1.29 is 32.2 Å². The van der Waals surface area contributed by atoms with E-state index in [-0.39, 0.29) is 6.04 Å². The Kier molecular flexibility index (Phi) is 7.14. The number of carbonyl (C=O) groups is 1. The molecule has 0 fully saturated rings. The Morgan fingerprint density at radius 2 is 1.55 bits per heavy atom. The van der Waals surface area contributed by atoms with Gasteiger partial charge in [-0.15, -0.1) is 0 Å². The summed E-state index contributed by atoms with van der Waals surface area (Å²) in [4.78, 5) is 12.2. The second kappa shape index (κ2) is 9.36. The standard InChI is InChI=1S/C21H22F3NO4/c1-13(15-11-17(27-2)20(29-4)18(12-15)28-3)25-19(26)10-7-14-5-8-16(9-6-14)21(22,23)24/h5-13H,1-4H3,(H,25,26)/b10-7+. The molecule has 0 saturated heterocycles. The molecule has 8 heteroatoms. The van der Waals surface area contributed by atoms with Gasteiger partial charge in [0.2, 0.25) is 11.7 Å². The lowest BCUT2D eigenvalue weighted by molar-refractivity contribution is -0.137. The predicted octanol–water partition coefficient (Wildman–Crippen LogP) is 4.62. The van der Waals surface area contributed by atoms with Crippen molar-refractivity contribution >= 4 is 12.0 Å². The zero-order chi connectivity index (χ0) is 21.6. The highest BCUT2D eigenvalue weighted by atomic mass is 19.4. The number of carbonyl (C=O) groups excluding carboxylic acids is 1. The zero-order valence-electron chi connectivity index (χ0n) is 16.5. The Morgan fingerprint density at radius 3 is 2.00 bits per heavy atom. The van der Waals surface area contributed by atoms with Crippen molar-refractivity contribution in [3.8, 4) is 17.2 Å². The molecular weight excluding hydrogens is 387 g/mol. The number of rotatable bonds is 7. The van der Waals surface area contributed by atoms with Gasteiger partial charge < -0.3 is 19.5 Å². The monoisotopic (exact) mass is 409 g/mol. The Hall–Kier alpha value is -3.16. The molecule has 1 atom stereocenters. The van der Waals surface area contributed by atoms with Crippen LogP contribution in [0.15, 0.2) is 42.5 Å². The van der Waals surface area contributed by atoms with Crippen molar-refractivity contribution in [3.63, 3.8) is 0 Å². The molecule has 1 N–H and O–H groups in total. The summed E-state index contributed by atoms with van der Waals surface area (Å²) in [5.41, 5.74) is 0.472. The van der Waals surface area contributed by atoms with E-state index in [1.807, 2.05) is 0 Å². The number of hydrogen-bond donors (Lipinski definition) is 1. The van der Waals surface area contributed by atoms with Crippen molar-refractivity contribution in [2.45, 2.75) is 19.1 Å². The quantitative estimate of drug-likeness (QED) is 0.678. The van der Waals surface area contributed by atoms with E-state index >= 15 is 0 Å². The minimum absolute atomic E-state index is 0.381. The zero-order valence-corrected chi connectivity index (χ0v) is 16.5. The van der Waals surface area contributed by atoms with Gasteiger partial charge in [0.15, 0.2) is 11.5 Å². The van der Waals surface area contributed by atoms with Crippen LogP contribution in [0.2, 0.25) is 0 Å². The maximum Gasteiger partial charge on any atom is 0.416 e. The fourth-order valence-electron chi connectivity index (χ4n) is 2.65. The van der Waals surface area contributed by atoms with Crippen LogP contribution in [0.3, 0.4) is 0 Å². The van der Waals surface area contributed by atoms with Gasteiger partial charge in [-0.2, -0.15) is 13.2 Å². The molecule has 5 nitrogen and oxygen atoms in total. The van der Waals surface area contributed by atoms with Gasteiger partial charge in [0.25, 0.3) is 0 Å². The first-order valence-corrected chi connectivity index (χ1v) is 8.65. The van der Waals surface area contributed by atoms with Crippen molar-refractivity contribution in [1.82, 2.24) is 5.32 Å². The largest absolute Gasteiger partial charge is 0.493 e. The lowest BCUT2D eigenvalue weighted by atomic mass is 10.1. The van der Waals surface area contributed by atoms with E-state index < -0.39 is 17.6 Å². The van der Waals surface area contributed by atoms with Gasteiger partial charge in [-0.25, -0.2) is 0 Å². The summed E-state index contributed by atoms with van der Waals surface area (Å²) in [6.07, 6.45) is -1.69. The third-order valence-electron chi connectivity index (χ3n) is 4.21. The average Bonchev–Trinajstić information content (AvgIpc) is 2.70. The Morgan fingerprint density at radius 1 is 1.00 bits per heavy atom. The summed E-state index contributed by atoms with van der Waals surface area (Å²) in [5, 5.41) is 2.78. The van der Waals surface area contributed by atoms with Crippen LogP contribution in [-0.4, -0.2) is 27.2 Å². The molecule has 0 bridgehead atoms. The van der Waals surface area contributed by atoms with E-state index in [9.17, 15) is 18.0 Å².